The number of hydrogen-bond acceptors (Lipinski definition) is 5. The molecule has 0 saturated carbocycles. The summed E-state index contributed by atoms with van der Waals surface area (Å²) in [4.78, 5) is 23.7. The van der Waals surface area contributed by atoms with Crippen molar-refractivity contribution in [2.24, 2.45) is 0 Å². The van der Waals surface area contributed by atoms with Gasteiger partial charge in [-0.15, -0.1) is 0 Å². The second kappa shape index (κ2) is 9.64. The minimum atomic E-state index is -0.652. The molecular formula is C20H20ClNO5. The van der Waals surface area contributed by atoms with Crippen LogP contribution in [0.2, 0.25) is 5.02 Å². The smallest absolute Gasteiger partial charge is 0.331 e. The van der Waals surface area contributed by atoms with Gasteiger partial charge in [-0.2, -0.15) is 0 Å². The number of methoxy groups -OCH3 is 2. The first-order valence-electron chi connectivity index (χ1n) is 8.06. The zero-order valence-corrected chi connectivity index (χ0v) is 16.0. The predicted molar refractivity (Wildman–Crippen MR) is 104 cm³/mol. The van der Waals surface area contributed by atoms with Crippen molar-refractivity contribution >= 4 is 35.2 Å². The van der Waals surface area contributed by atoms with Crippen LogP contribution in [0.25, 0.3) is 6.08 Å². The molecule has 0 unspecified atom stereocenters. The van der Waals surface area contributed by atoms with E-state index in [4.69, 9.17) is 25.8 Å². The van der Waals surface area contributed by atoms with Crippen LogP contribution in [0.15, 0.2) is 42.5 Å². The van der Waals surface area contributed by atoms with Crippen molar-refractivity contribution < 1.29 is 23.8 Å². The van der Waals surface area contributed by atoms with E-state index < -0.39 is 11.9 Å². The Balaban J connectivity index is 1.93. The highest BCUT2D eigenvalue weighted by Crippen LogP contribution is 2.36. The topological polar surface area (TPSA) is 73.9 Å². The Morgan fingerprint density at radius 1 is 1.15 bits per heavy atom. The molecule has 2 aromatic rings. The van der Waals surface area contributed by atoms with Crippen LogP contribution in [0.5, 0.6) is 11.5 Å². The average Bonchev–Trinajstić information content (AvgIpc) is 2.66. The Labute approximate surface area is 162 Å². The summed E-state index contributed by atoms with van der Waals surface area (Å²) in [6, 6.07) is 10.6. The molecule has 0 aliphatic carbocycles. The van der Waals surface area contributed by atoms with E-state index in [1.165, 1.54) is 26.4 Å². The molecule has 6 nitrogen and oxygen atoms in total. The van der Waals surface area contributed by atoms with E-state index in [0.29, 0.717) is 27.8 Å². The van der Waals surface area contributed by atoms with Crippen LogP contribution in [-0.4, -0.2) is 32.7 Å². The monoisotopic (exact) mass is 389 g/mol. The number of carbonyl (C=O) groups is 2. The fraction of sp³-hybridized carbons (Fsp3) is 0.200. The molecule has 0 aliphatic rings. The van der Waals surface area contributed by atoms with Gasteiger partial charge < -0.3 is 19.5 Å². The molecular weight excluding hydrogens is 370 g/mol. The van der Waals surface area contributed by atoms with Gasteiger partial charge in [0.2, 0.25) is 0 Å². The minimum Gasteiger partial charge on any atom is -0.493 e. The molecule has 0 fully saturated rings. The number of halogens is 1. The van der Waals surface area contributed by atoms with Crippen molar-refractivity contribution in [1.29, 1.82) is 0 Å². The number of aryl methyl sites for hydroxylation is 1. The summed E-state index contributed by atoms with van der Waals surface area (Å²) in [6.07, 6.45) is 2.72. The van der Waals surface area contributed by atoms with E-state index in [9.17, 15) is 9.59 Å². The quantitative estimate of drug-likeness (QED) is 0.575. The van der Waals surface area contributed by atoms with Gasteiger partial charge in [0, 0.05) is 11.8 Å². The van der Waals surface area contributed by atoms with E-state index in [-0.39, 0.29) is 6.61 Å². The molecule has 0 radical (unpaired) electrons. The molecule has 7 heteroatoms. The van der Waals surface area contributed by atoms with Crippen LogP contribution >= 0.6 is 11.6 Å². The van der Waals surface area contributed by atoms with E-state index in [1.807, 2.05) is 25.1 Å². The number of benzene rings is 2. The van der Waals surface area contributed by atoms with Crippen molar-refractivity contribution in [1.82, 2.24) is 0 Å². The third kappa shape index (κ3) is 5.76. The molecule has 0 bridgehead atoms. The van der Waals surface area contributed by atoms with Crippen LogP contribution in [-0.2, 0) is 14.3 Å². The second-order valence-electron chi connectivity index (χ2n) is 5.54. The summed E-state index contributed by atoms with van der Waals surface area (Å²) in [5, 5.41) is 3.04. The average molecular weight is 390 g/mol. The number of carbonyl (C=O) groups excluding carboxylic acids is 2. The lowest BCUT2D eigenvalue weighted by Crippen LogP contribution is -2.20. The molecule has 0 aliphatic heterocycles. The number of rotatable bonds is 7. The summed E-state index contributed by atoms with van der Waals surface area (Å²) >= 11 is 6.11. The number of ether oxygens (including phenoxy) is 3. The van der Waals surface area contributed by atoms with E-state index in [2.05, 4.69) is 5.32 Å². The zero-order chi connectivity index (χ0) is 19.8. The summed E-state index contributed by atoms with van der Waals surface area (Å²) in [6.45, 7) is 1.49. The van der Waals surface area contributed by atoms with Gasteiger partial charge >= 0.3 is 5.97 Å². The predicted octanol–water partition coefficient (Wildman–Crippen LogP) is 3.86. The van der Waals surface area contributed by atoms with Crippen molar-refractivity contribution in [3.63, 3.8) is 0 Å². The first kappa shape index (κ1) is 20.3. The van der Waals surface area contributed by atoms with Gasteiger partial charge in [0.15, 0.2) is 18.1 Å². The lowest BCUT2D eigenvalue weighted by Gasteiger charge is -2.10. The van der Waals surface area contributed by atoms with Gasteiger partial charge in [0.25, 0.3) is 5.91 Å². The van der Waals surface area contributed by atoms with Crippen molar-refractivity contribution in [2.75, 3.05) is 26.1 Å². The SMILES string of the molecule is COc1cc(/C=C/C(=O)OCC(=O)Nc2ccccc2C)cc(Cl)c1OC. The van der Waals surface area contributed by atoms with Gasteiger partial charge in [-0.1, -0.05) is 29.8 Å². The van der Waals surface area contributed by atoms with E-state index in [0.717, 1.165) is 5.56 Å². The standard InChI is InChI=1S/C20H20ClNO5/c1-13-6-4-5-7-16(13)22-18(23)12-27-19(24)9-8-14-10-15(21)20(26-3)17(11-14)25-2/h4-11H,12H2,1-3H3,(H,22,23)/b9-8+. The molecule has 2 aromatic carbocycles. The zero-order valence-electron chi connectivity index (χ0n) is 15.2. The summed E-state index contributed by atoms with van der Waals surface area (Å²) in [5.74, 6) is -0.219. The maximum atomic E-state index is 11.9. The van der Waals surface area contributed by atoms with Crippen LogP contribution in [0.1, 0.15) is 11.1 Å². The van der Waals surface area contributed by atoms with E-state index in [1.54, 1.807) is 18.2 Å². The maximum Gasteiger partial charge on any atom is 0.331 e. The number of hydrogen-bond donors (Lipinski definition) is 1. The highest BCUT2D eigenvalue weighted by molar-refractivity contribution is 6.32. The highest BCUT2D eigenvalue weighted by Gasteiger charge is 2.10. The number of nitrogens with one attached hydrogen (secondary N) is 1. The van der Waals surface area contributed by atoms with Crippen LogP contribution in [0.4, 0.5) is 5.69 Å². The largest absolute Gasteiger partial charge is 0.493 e. The molecule has 0 spiro atoms. The minimum absolute atomic E-state index is 0.350. The van der Waals surface area contributed by atoms with Gasteiger partial charge in [0.05, 0.1) is 19.2 Å². The molecule has 142 valence electrons. The van der Waals surface area contributed by atoms with Gasteiger partial charge in [-0.05, 0) is 42.3 Å². The summed E-state index contributed by atoms with van der Waals surface area (Å²) < 4.78 is 15.3. The van der Waals surface area contributed by atoms with Crippen molar-refractivity contribution in [3.8, 4) is 11.5 Å². The molecule has 2 rings (SSSR count). The highest BCUT2D eigenvalue weighted by atomic mass is 35.5. The Morgan fingerprint density at radius 2 is 1.89 bits per heavy atom. The molecule has 1 N–H and O–H groups in total. The van der Waals surface area contributed by atoms with Crippen LogP contribution in [0.3, 0.4) is 0 Å². The van der Waals surface area contributed by atoms with Gasteiger partial charge in [0.1, 0.15) is 0 Å². The summed E-state index contributed by atoms with van der Waals surface area (Å²) in [5.41, 5.74) is 2.22. The maximum absolute atomic E-state index is 11.9. The molecule has 0 aromatic heterocycles. The van der Waals surface area contributed by atoms with Gasteiger partial charge in [-0.25, -0.2) is 4.79 Å². The normalized spacial score (nSPS) is 10.5. The van der Waals surface area contributed by atoms with Gasteiger partial charge in [-0.3, -0.25) is 4.79 Å². The lowest BCUT2D eigenvalue weighted by atomic mass is 10.2. The number of esters is 1. The fourth-order valence-electron chi connectivity index (χ4n) is 2.28. The van der Waals surface area contributed by atoms with Crippen LogP contribution in [0, 0.1) is 6.92 Å². The van der Waals surface area contributed by atoms with Crippen LogP contribution < -0.4 is 14.8 Å². The number of para-hydroxylation sites is 1. The molecule has 27 heavy (non-hydrogen) atoms. The molecule has 0 heterocycles. The molecule has 1 amide bonds. The fourth-order valence-corrected chi connectivity index (χ4v) is 2.58. The first-order chi connectivity index (χ1) is 12.9. The Morgan fingerprint density at radius 3 is 2.56 bits per heavy atom. The third-order valence-electron chi connectivity index (χ3n) is 3.63. The number of anilines is 1. The van der Waals surface area contributed by atoms with Crippen molar-refractivity contribution in [3.05, 3.63) is 58.6 Å². The van der Waals surface area contributed by atoms with Crippen molar-refractivity contribution in [2.45, 2.75) is 6.92 Å². The molecule has 0 atom stereocenters. The number of amides is 1. The Kier molecular flexibility index (Phi) is 7.25. The second-order valence-corrected chi connectivity index (χ2v) is 5.95. The molecule has 0 saturated heterocycles. The Hall–Kier alpha value is -2.99. The van der Waals surface area contributed by atoms with E-state index >= 15 is 0 Å². The Bertz CT molecular complexity index is 863. The third-order valence-corrected chi connectivity index (χ3v) is 3.91. The first-order valence-corrected chi connectivity index (χ1v) is 8.44. The summed E-state index contributed by atoms with van der Waals surface area (Å²) in [7, 11) is 2.97. The lowest BCUT2D eigenvalue weighted by molar-refractivity contribution is -0.142.